The van der Waals surface area contributed by atoms with E-state index in [0.717, 1.165) is 50.3 Å². The van der Waals surface area contributed by atoms with E-state index in [2.05, 4.69) is 69.5 Å². The van der Waals surface area contributed by atoms with Gasteiger partial charge >= 0.3 is 0 Å². The molecule has 1 aliphatic heterocycles. The van der Waals surface area contributed by atoms with Gasteiger partial charge in [-0.25, -0.2) is 4.98 Å². The number of piperazine rings is 1. The van der Waals surface area contributed by atoms with Crippen molar-refractivity contribution >= 4 is 16.6 Å². The molecule has 4 rings (SSSR count). The van der Waals surface area contributed by atoms with Gasteiger partial charge in [0.15, 0.2) is 0 Å². The molecule has 121 valence electrons. The van der Waals surface area contributed by atoms with Crippen LogP contribution in [-0.2, 0) is 6.42 Å². The predicted octanol–water partition coefficient (Wildman–Crippen LogP) is 3.40. The van der Waals surface area contributed by atoms with Gasteiger partial charge < -0.3 is 4.90 Å². The standard InChI is InChI=1S/C21H22N3/c1-2-6-18(7-3-1)10-11-23-12-14-24(15-13-23)20-16-19-8-4-5-9-21(19)22-17-20/h1-9,16H,10-15H2. The molecule has 0 amide bonds. The van der Waals surface area contributed by atoms with E-state index in [-0.39, 0.29) is 0 Å². The number of aromatic nitrogens is 1. The van der Waals surface area contributed by atoms with Crippen molar-refractivity contribution in [1.29, 1.82) is 0 Å². The van der Waals surface area contributed by atoms with Gasteiger partial charge in [-0.3, -0.25) is 4.90 Å². The number of hydrogen-bond acceptors (Lipinski definition) is 3. The largest absolute Gasteiger partial charge is 0.367 e. The van der Waals surface area contributed by atoms with Crippen LogP contribution in [0.5, 0.6) is 0 Å². The summed E-state index contributed by atoms with van der Waals surface area (Å²) in [5.74, 6) is 0. The third-order valence-electron chi connectivity index (χ3n) is 4.79. The Morgan fingerprint density at radius 2 is 1.62 bits per heavy atom. The Balaban J connectivity index is 1.35. The highest BCUT2D eigenvalue weighted by Crippen LogP contribution is 2.20. The zero-order valence-electron chi connectivity index (χ0n) is 13.9. The molecule has 1 fully saturated rings. The molecule has 0 unspecified atom stereocenters. The zero-order chi connectivity index (χ0) is 16.2. The van der Waals surface area contributed by atoms with Crippen LogP contribution in [0.4, 0.5) is 5.69 Å². The summed E-state index contributed by atoms with van der Waals surface area (Å²) in [5, 5.41) is 1.19. The highest BCUT2D eigenvalue weighted by Gasteiger charge is 2.17. The second kappa shape index (κ2) is 7.02. The van der Waals surface area contributed by atoms with Gasteiger partial charge in [0.1, 0.15) is 6.20 Å². The van der Waals surface area contributed by atoms with E-state index >= 15 is 0 Å². The minimum atomic E-state index is 1.02. The number of rotatable bonds is 4. The molecule has 0 N–H and O–H groups in total. The summed E-state index contributed by atoms with van der Waals surface area (Å²) in [5.41, 5.74) is 3.56. The molecular weight excluding hydrogens is 294 g/mol. The van der Waals surface area contributed by atoms with Gasteiger partial charge in [0.05, 0.1) is 11.2 Å². The summed E-state index contributed by atoms with van der Waals surface area (Å²) in [6.45, 7) is 5.44. The van der Waals surface area contributed by atoms with Gasteiger partial charge in [-0.05, 0) is 24.1 Å². The lowest BCUT2D eigenvalue weighted by Gasteiger charge is -2.35. The van der Waals surface area contributed by atoms with E-state index in [4.69, 9.17) is 0 Å². The van der Waals surface area contributed by atoms with Crippen molar-refractivity contribution in [3.05, 3.63) is 72.4 Å². The Morgan fingerprint density at radius 1 is 0.875 bits per heavy atom. The molecule has 1 saturated heterocycles. The molecule has 0 aliphatic carbocycles. The van der Waals surface area contributed by atoms with E-state index < -0.39 is 0 Å². The lowest BCUT2D eigenvalue weighted by molar-refractivity contribution is 0.261. The average molecular weight is 316 g/mol. The van der Waals surface area contributed by atoms with Crippen LogP contribution in [0.2, 0.25) is 0 Å². The fourth-order valence-electron chi connectivity index (χ4n) is 3.31. The molecule has 24 heavy (non-hydrogen) atoms. The molecule has 3 heteroatoms. The molecule has 0 spiro atoms. The Bertz CT molecular complexity index is 792. The predicted molar refractivity (Wildman–Crippen MR) is 99.4 cm³/mol. The molecule has 1 aliphatic rings. The Hall–Kier alpha value is -2.39. The van der Waals surface area contributed by atoms with Crippen LogP contribution in [0.15, 0.2) is 60.7 Å². The number of para-hydroxylation sites is 1. The van der Waals surface area contributed by atoms with E-state index in [0.29, 0.717) is 0 Å². The molecule has 0 bridgehead atoms. The Morgan fingerprint density at radius 3 is 2.46 bits per heavy atom. The molecule has 3 aromatic rings. The molecule has 2 aromatic carbocycles. The number of anilines is 1. The van der Waals surface area contributed by atoms with Gasteiger partial charge in [0.2, 0.25) is 0 Å². The third-order valence-corrected chi connectivity index (χ3v) is 4.79. The summed E-state index contributed by atoms with van der Waals surface area (Å²) in [6.07, 6.45) is 4.34. The second-order valence-corrected chi connectivity index (χ2v) is 6.38. The fraction of sp³-hybridized carbons (Fsp3) is 0.286. The summed E-state index contributed by atoms with van der Waals surface area (Å²) in [7, 11) is 0. The second-order valence-electron chi connectivity index (χ2n) is 6.38. The lowest BCUT2D eigenvalue weighted by atomic mass is 10.1. The van der Waals surface area contributed by atoms with Gasteiger partial charge in [0.25, 0.3) is 0 Å². The fourth-order valence-corrected chi connectivity index (χ4v) is 3.31. The summed E-state index contributed by atoms with van der Waals surface area (Å²) in [4.78, 5) is 9.43. The quantitative estimate of drug-likeness (QED) is 0.735. The monoisotopic (exact) mass is 316 g/mol. The van der Waals surface area contributed by atoms with E-state index in [1.165, 1.54) is 10.9 Å². The van der Waals surface area contributed by atoms with Crippen molar-refractivity contribution in [2.75, 3.05) is 37.6 Å². The van der Waals surface area contributed by atoms with Crippen LogP contribution in [0.25, 0.3) is 10.9 Å². The Labute approximate surface area is 143 Å². The SMILES string of the molecule is [c]1nc2ccccc2cc1N1CCN(CCc2ccccc2)CC1. The first-order chi connectivity index (χ1) is 11.9. The molecule has 1 radical (unpaired) electrons. The van der Waals surface area contributed by atoms with Gasteiger partial charge in [0, 0.05) is 38.1 Å². The molecule has 2 heterocycles. The van der Waals surface area contributed by atoms with Crippen LogP contribution in [0.1, 0.15) is 5.56 Å². The summed E-state index contributed by atoms with van der Waals surface area (Å²) < 4.78 is 0. The summed E-state index contributed by atoms with van der Waals surface area (Å²) >= 11 is 0. The Kier molecular flexibility index (Phi) is 4.43. The summed E-state index contributed by atoms with van der Waals surface area (Å²) in [6, 6.07) is 21.2. The smallest absolute Gasteiger partial charge is 0.115 e. The highest BCUT2D eigenvalue weighted by atomic mass is 15.3. The van der Waals surface area contributed by atoms with Crippen LogP contribution in [0, 0.1) is 6.20 Å². The minimum Gasteiger partial charge on any atom is -0.367 e. The van der Waals surface area contributed by atoms with Gasteiger partial charge in [-0.2, -0.15) is 0 Å². The molecule has 3 nitrogen and oxygen atoms in total. The number of pyridine rings is 1. The van der Waals surface area contributed by atoms with Crippen LogP contribution >= 0.6 is 0 Å². The first-order valence-corrected chi connectivity index (χ1v) is 8.67. The highest BCUT2D eigenvalue weighted by molar-refractivity contribution is 5.81. The normalized spacial score (nSPS) is 15.8. The molecule has 0 atom stereocenters. The minimum absolute atomic E-state index is 1.02. The van der Waals surface area contributed by atoms with Crippen molar-refractivity contribution in [3.8, 4) is 0 Å². The van der Waals surface area contributed by atoms with Crippen molar-refractivity contribution in [1.82, 2.24) is 9.88 Å². The van der Waals surface area contributed by atoms with E-state index in [1.807, 2.05) is 12.1 Å². The first-order valence-electron chi connectivity index (χ1n) is 8.67. The van der Waals surface area contributed by atoms with Crippen molar-refractivity contribution < 1.29 is 0 Å². The zero-order valence-corrected chi connectivity index (χ0v) is 13.9. The average Bonchev–Trinajstić information content (AvgIpc) is 2.67. The van der Waals surface area contributed by atoms with Gasteiger partial charge in [-0.15, -0.1) is 0 Å². The van der Waals surface area contributed by atoms with Crippen molar-refractivity contribution in [2.45, 2.75) is 6.42 Å². The van der Waals surface area contributed by atoms with Crippen molar-refractivity contribution in [3.63, 3.8) is 0 Å². The van der Waals surface area contributed by atoms with Crippen LogP contribution in [-0.4, -0.2) is 42.6 Å². The number of nitrogens with zero attached hydrogens (tertiary/aromatic N) is 3. The number of benzene rings is 2. The maximum Gasteiger partial charge on any atom is 0.115 e. The lowest BCUT2D eigenvalue weighted by Crippen LogP contribution is -2.47. The first kappa shape index (κ1) is 15.2. The number of hydrogen-bond donors (Lipinski definition) is 0. The van der Waals surface area contributed by atoms with Gasteiger partial charge in [-0.1, -0.05) is 48.5 Å². The van der Waals surface area contributed by atoms with Crippen molar-refractivity contribution in [2.24, 2.45) is 0 Å². The van der Waals surface area contributed by atoms with Crippen LogP contribution in [0.3, 0.4) is 0 Å². The van der Waals surface area contributed by atoms with E-state index in [9.17, 15) is 0 Å². The van der Waals surface area contributed by atoms with E-state index in [1.54, 1.807) is 0 Å². The molecular formula is C21H22N3. The third kappa shape index (κ3) is 3.41. The topological polar surface area (TPSA) is 19.4 Å². The maximum atomic E-state index is 4.47. The maximum absolute atomic E-state index is 4.47. The number of fused-ring (bicyclic) bond motifs is 1. The van der Waals surface area contributed by atoms with Crippen LogP contribution < -0.4 is 4.90 Å². The molecule has 0 saturated carbocycles. The molecule has 1 aromatic heterocycles.